The first-order valence-electron chi connectivity index (χ1n) is 10.6. The van der Waals surface area contributed by atoms with Crippen molar-refractivity contribution in [2.75, 3.05) is 6.61 Å². The number of carbonyl (C=O) groups is 2. The second-order valence-electron chi connectivity index (χ2n) is 7.94. The first-order chi connectivity index (χ1) is 13.9. The lowest BCUT2D eigenvalue weighted by molar-refractivity contribution is -0.137. The van der Waals surface area contributed by atoms with Crippen LogP contribution in [0.1, 0.15) is 58.8 Å². The van der Waals surface area contributed by atoms with Crippen molar-refractivity contribution in [2.45, 2.75) is 65.3 Å². The molecule has 0 saturated heterocycles. The second-order valence-corrected chi connectivity index (χ2v) is 7.94. The lowest BCUT2D eigenvalue weighted by Gasteiger charge is -2.24. The van der Waals surface area contributed by atoms with Crippen molar-refractivity contribution < 1.29 is 19.4 Å². The topological polar surface area (TPSA) is 94.5 Å². The molecule has 2 aromatic rings. The molecule has 2 unspecified atom stereocenters. The molecular formula is C23H34N2O4. The average molecular weight is 403 g/mol. The number of primary amides is 1. The van der Waals surface area contributed by atoms with Crippen LogP contribution in [0.25, 0.3) is 10.9 Å². The van der Waals surface area contributed by atoms with E-state index in [1.54, 1.807) is 0 Å². The molecule has 0 bridgehead atoms. The van der Waals surface area contributed by atoms with E-state index in [1.165, 1.54) is 12.8 Å². The first-order valence-corrected chi connectivity index (χ1v) is 10.6. The van der Waals surface area contributed by atoms with Crippen LogP contribution in [0.3, 0.4) is 0 Å². The molecule has 1 aromatic heterocycles. The summed E-state index contributed by atoms with van der Waals surface area (Å²) in [5, 5.41) is 9.78. The van der Waals surface area contributed by atoms with Crippen LogP contribution >= 0.6 is 0 Å². The van der Waals surface area contributed by atoms with Crippen LogP contribution < -0.4 is 10.5 Å². The van der Waals surface area contributed by atoms with E-state index in [4.69, 9.17) is 15.6 Å². The molecule has 1 aromatic carbocycles. The monoisotopic (exact) mass is 402 g/mol. The van der Waals surface area contributed by atoms with E-state index in [0.717, 1.165) is 36.0 Å². The van der Waals surface area contributed by atoms with E-state index < -0.39 is 5.97 Å². The Morgan fingerprint density at radius 1 is 1.21 bits per heavy atom. The number of hydrogen-bond acceptors (Lipinski definition) is 3. The van der Waals surface area contributed by atoms with Crippen molar-refractivity contribution in [1.82, 2.24) is 4.57 Å². The van der Waals surface area contributed by atoms with Gasteiger partial charge in [-0.1, -0.05) is 33.1 Å². The summed E-state index contributed by atoms with van der Waals surface area (Å²) in [5.41, 5.74) is 6.62. The molecule has 0 saturated carbocycles. The maximum absolute atomic E-state index is 11.5. The van der Waals surface area contributed by atoms with Gasteiger partial charge in [-0.3, -0.25) is 9.59 Å². The quantitative estimate of drug-likeness (QED) is 0.452. The zero-order valence-electron chi connectivity index (χ0n) is 17.6. The molecule has 1 amide bonds. The molecule has 29 heavy (non-hydrogen) atoms. The van der Waals surface area contributed by atoms with Gasteiger partial charge < -0.3 is 20.1 Å². The number of carboxylic acids is 1. The summed E-state index contributed by atoms with van der Waals surface area (Å²) in [6.45, 7) is 5.61. The van der Waals surface area contributed by atoms with Crippen LogP contribution in [0.2, 0.25) is 0 Å². The van der Waals surface area contributed by atoms with E-state index >= 15 is 0 Å². The minimum absolute atomic E-state index is 0.112. The van der Waals surface area contributed by atoms with Crippen LogP contribution in [0.5, 0.6) is 5.75 Å². The van der Waals surface area contributed by atoms with Crippen LogP contribution in [0.4, 0.5) is 0 Å². The number of nitrogens with two attached hydrogens (primary N) is 1. The number of amides is 1. The Kier molecular flexibility index (Phi) is 9.03. The molecule has 0 fully saturated rings. The number of ether oxygens (including phenoxy) is 1. The van der Waals surface area contributed by atoms with Crippen molar-refractivity contribution in [2.24, 2.45) is 17.6 Å². The lowest BCUT2D eigenvalue weighted by atomic mass is 9.86. The molecule has 6 nitrogen and oxygen atoms in total. The maximum Gasteiger partial charge on any atom is 0.303 e. The molecule has 0 spiro atoms. The van der Waals surface area contributed by atoms with Crippen molar-refractivity contribution in [1.29, 1.82) is 0 Å². The predicted octanol–water partition coefficient (Wildman–Crippen LogP) is 4.59. The highest BCUT2D eigenvalue weighted by molar-refractivity contribution is 5.81. The number of unbranched alkanes of at least 4 members (excludes halogenated alkanes) is 2. The Balaban J connectivity index is 2.00. The second kappa shape index (κ2) is 11.5. The molecule has 0 radical (unpaired) electrons. The Morgan fingerprint density at radius 2 is 2.00 bits per heavy atom. The zero-order chi connectivity index (χ0) is 21.2. The molecule has 1 heterocycles. The van der Waals surface area contributed by atoms with Gasteiger partial charge in [-0.05, 0) is 48.9 Å². The van der Waals surface area contributed by atoms with Gasteiger partial charge in [0.2, 0.25) is 5.91 Å². The van der Waals surface area contributed by atoms with Gasteiger partial charge in [0.25, 0.3) is 0 Å². The van der Waals surface area contributed by atoms with Gasteiger partial charge in [-0.15, -0.1) is 0 Å². The van der Waals surface area contributed by atoms with E-state index in [2.05, 4.69) is 30.7 Å². The Labute approximate surface area is 173 Å². The number of hydrogen-bond donors (Lipinski definition) is 2. The van der Waals surface area contributed by atoms with Gasteiger partial charge in [0.1, 0.15) is 5.75 Å². The number of aromatic nitrogens is 1. The fourth-order valence-electron chi connectivity index (χ4n) is 3.80. The Bertz CT molecular complexity index is 799. The average Bonchev–Trinajstić information content (AvgIpc) is 3.06. The highest BCUT2D eigenvalue weighted by Gasteiger charge is 2.20. The summed E-state index contributed by atoms with van der Waals surface area (Å²) >= 11 is 0. The van der Waals surface area contributed by atoms with E-state index in [1.807, 2.05) is 18.2 Å². The summed E-state index contributed by atoms with van der Waals surface area (Å²) in [5.74, 6) is 0.370. The Morgan fingerprint density at radius 3 is 2.69 bits per heavy atom. The highest BCUT2D eigenvalue weighted by atomic mass is 16.5. The summed E-state index contributed by atoms with van der Waals surface area (Å²) in [7, 11) is 0. The van der Waals surface area contributed by atoms with Crippen LogP contribution in [-0.2, 0) is 16.1 Å². The number of carbonyl (C=O) groups excluding carboxylic acids is 1. The standard InChI is InChI=1S/C23H34N2O4/c1-3-4-5-7-18(15-22(24)26)17(2)16-25-12-11-19-14-20(9-10-21(19)25)29-13-6-8-23(27)28/h9-12,14,17-18H,3-8,13,15-16H2,1-2H3,(H2,24,26)(H,27,28). The molecule has 3 N–H and O–H groups in total. The van der Waals surface area contributed by atoms with E-state index in [-0.39, 0.29) is 12.3 Å². The minimum Gasteiger partial charge on any atom is -0.494 e. The third kappa shape index (κ3) is 7.44. The van der Waals surface area contributed by atoms with Crippen LogP contribution in [-0.4, -0.2) is 28.2 Å². The van der Waals surface area contributed by atoms with Gasteiger partial charge in [0.15, 0.2) is 0 Å². The van der Waals surface area contributed by atoms with Gasteiger partial charge in [0, 0.05) is 36.5 Å². The van der Waals surface area contributed by atoms with Crippen molar-refractivity contribution >= 4 is 22.8 Å². The van der Waals surface area contributed by atoms with Gasteiger partial charge in [-0.2, -0.15) is 0 Å². The van der Waals surface area contributed by atoms with Crippen molar-refractivity contribution in [3.05, 3.63) is 30.5 Å². The molecule has 0 aliphatic rings. The fraction of sp³-hybridized carbons (Fsp3) is 0.565. The summed E-state index contributed by atoms with van der Waals surface area (Å²) in [4.78, 5) is 22.1. The number of nitrogens with zero attached hydrogens (tertiary/aromatic N) is 1. The van der Waals surface area contributed by atoms with Crippen LogP contribution in [0.15, 0.2) is 30.5 Å². The summed E-state index contributed by atoms with van der Waals surface area (Å²) < 4.78 is 7.89. The van der Waals surface area contributed by atoms with Crippen LogP contribution in [0, 0.1) is 11.8 Å². The van der Waals surface area contributed by atoms with Crippen molar-refractivity contribution in [3.63, 3.8) is 0 Å². The molecule has 0 aliphatic carbocycles. The number of fused-ring (bicyclic) bond motifs is 1. The Hall–Kier alpha value is -2.50. The normalized spacial score (nSPS) is 13.3. The summed E-state index contributed by atoms with van der Waals surface area (Å²) in [6, 6.07) is 8.01. The number of benzene rings is 1. The maximum atomic E-state index is 11.5. The zero-order valence-corrected chi connectivity index (χ0v) is 17.6. The van der Waals surface area contributed by atoms with Gasteiger partial charge >= 0.3 is 5.97 Å². The molecular weight excluding hydrogens is 368 g/mol. The molecule has 6 heteroatoms. The fourth-order valence-corrected chi connectivity index (χ4v) is 3.80. The molecule has 2 rings (SSSR count). The van der Waals surface area contributed by atoms with E-state index in [0.29, 0.717) is 31.3 Å². The van der Waals surface area contributed by atoms with Gasteiger partial charge in [-0.25, -0.2) is 0 Å². The number of aliphatic carboxylic acids is 1. The first kappa shape index (κ1) is 22.8. The lowest BCUT2D eigenvalue weighted by Crippen LogP contribution is -2.24. The van der Waals surface area contributed by atoms with Crippen molar-refractivity contribution in [3.8, 4) is 5.75 Å². The molecule has 0 aliphatic heterocycles. The minimum atomic E-state index is -0.806. The molecule has 160 valence electrons. The largest absolute Gasteiger partial charge is 0.494 e. The smallest absolute Gasteiger partial charge is 0.303 e. The third-order valence-corrected chi connectivity index (χ3v) is 5.48. The summed E-state index contributed by atoms with van der Waals surface area (Å²) in [6.07, 6.45) is 7.64. The highest BCUT2D eigenvalue weighted by Crippen LogP contribution is 2.27. The van der Waals surface area contributed by atoms with Gasteiger partial charge in [0.05, 0.1) is 6.61 Å². The van der Waals surface area contributed by atoms with E-state index in [9.17, 15) is 9.59 Å². The third-order valence-electron chi connectivity index (χ3n) is 5.48. The SMILES string of the molecule is CCCCCC(CC(N)=O)C(C)Cn1ccc2cc(OCCCC(=O)O)ccc21. The predicted molar refractivity (Wildman–Crippen MR) is 115 cm³/mol. The molecule has 2 atom stereocenters. The number of rotatable bonds is 14. The number of carboxylic acid groups (broad SMARTS) is 1.